The second-order valence-electron chi connectivity index (χ2n) is 9.13. The molecule has 1 atom stereocenters. The molecule has 1 unspecified atom stereocenters. The topological polar surface area (TPSA) is 73.8 Å². The van der Waals surface area contributed by atoms with Crippen LogP contribution in [-0.2, 0) is 14.8 Å². The van der Waals surface area contributed by atoms with Crippen molar-refractivity contribution in [3.63, 3.8) is 0 Å². The van der Waals surface area contributed by atoms with Crippen molar-refractivity contribution in [3.8, 4) is 0 Å². The van der Waals surface area contributed by atoms with Crippen molar-refractivity contribution in [1.29, 1.82) is 0 Å². The Labute approximate surface area is 210 Å². The Morgan fingerprint density at radius 2 is 2.00 bits per heavy atom. The Morgan fingerprint density at radius 3 is 2.71 bits per heavy atom. The lowest BCUT2D eigenvalue weighted by Gasteiger charge is -2.36. The molecule has 7 nitrogen and oxygen atoms in total. The zero-order valence-corrected chi connectivity index (χ0v) is 22.6. The lowest BCUT2D eigenvalue weighted by molar-refractivity contribution is -0.123. The molecule has 1 saturated heterocycles. The van der Waals surface area contributed by atoms with Crippen molar-refractivity contribution in [2.24, 2.45) is 0 Å². The van der Waals surface area contributed by atoms with Crippen LogP contribution in [0.25, 0.3) is 10.2 Å². The first-order chi connectivity index (χ1) is 16.2. The van der Waals surface area contributed by atoms with Gasteiger partial charge in [0.1, 0.15) is 10.3 Å². The highest BCUT2D eigenvalue weighted by Crippen LogP contribution is 2.34. The third-order valence-electron chi connectivity index (χ3n) is 6.10. The number of piperidine rings is 1. The van der Waals surface area contributed by atoms with Crippen molar-refractivity contribution in [2.75, 3.05) is 38.6 Å². The number of rotatable bonds is 8. The summed E-state index contributed by atoms with van der Waals surface area (Å²) >= 11 is 2.70. The summed E-state index contributed by atoms with van der Waals surface area (Å²) in [5, 5.41) is 2.40. The maximum absolute atomic E-state index is 14.0. The van der Waals surface area contributed by atoms with Gasteiger partial charge in [0.2, 0.25) is 5.91 Å². The quantitative estimate of drug-likeness (QED) is 0.437. The minimum absolute atomic E-state index is 0.174. The maximum atomic E-state index is 14.0. The first kappa shape index (κ1) is 25.2. The molecule has 184 valence electrons. The smallest absolute Gasteiger partial charge is 0.253 e. The van der Waals surface area contributed by atoms with E-state index in [2.05, 4.69) is 24.0 Å². The van der Waals surface area contributed by atoms with Gasteiger partial charge in [0, 0.05) is 13.1 Å². The van der Waals surface area contributed by atoms with E-state index in [1.165, 1.54) is 27.0 Å². The van der Waals surface area contributed by atoms with Gasteiger partial charge in [-0.25, -0.2) is 13.4 Å². The van der Waals surface area contributed by atoms with E-state index in [0.717, 1.165) is 47.2 Å². The number of benzene rings is 1. The van der Waals surface area contributed by atoms with Gasteiger partial charge in [0.25, 0.3) is 10.0 Å². The van der Waals surface area contributed by atoms with E-state index in [1.807, 2.05) is 21.0 Å². The molecule has 0 bridgehead atoms. The Balaban J connectivity index is 1.70. The van der Waals surface area contributed by atoms with Crippen molar-refractivity contribution in [1.82, 2.24) is 14.2 Å². The Bertz CT molecular complexity index is 1250. The molecule has 34 heavy (non-hydrogen) atoms. The largest absolute Gasteiger partial charge is 0.309 e. The number of carbonyl (C=O) groups is 1. The minimum Gasteiger partial charge on any atom is -0.309 e. The first-order valence-electron chi connectivity index (χ1n) is 11.6. The fourth-order valence-corrected chi connectivity index (χ4v) is 8.41. The van der Waals surface area contributed by atoms with Gasteiger partial charge < -0.3 is 4.90 Å². The molecule has 4 rings (SSSR count). The highest BCUT2D eigenvalue weighted by molar-refractivity contribution is 7.91. The van der Waals surface area contributed by atoms with Crippen LogP contribution < -0.4 is 4.90 Å². The molecule has 0 saturated carbocycles. The average molecular weight is 521 g/mol. The van der Waals surface area contributed by atoms with Crippen LogP contribution >= 0.6 is 22.7 Å². The molecule has 1 fully saturated rings. The SMILES string of the molecule is Cc1cc(C)c2nc(N(CCCN(C)C)C(=O)C3CCCCN3S(=O)(=O)c3cccs3)sc2c1. The number of sulfonamides is 1. The minimum atomic E-state index is -3.72. The molecule has 2 aromatic heterocycles. The molecule has 0 N–H and O–H groups in total. The number of aromatic nitrogens is 1. The number of thiazole rings is 1. The van der Waals surface area contributed by atoms with E-state index in [1.54, 1.807) is 22.4 Å². The number of hydrogen-bond acceptors (Lipinski definition) is 7. The number of amides is 1. The number of hydrogen-bond donors (Lipinski definition) is 0. The molecule has 3 aromatic rings. The number of thiophene rings is 1. The van der Waals surface area contributed by atoms with E-state index >= 15 is 0 Å². The molecule has 1 aliphatic rings. The van der Waals surface area contributed by atoms with E-state index in [0.29, 0.717) is 24.6 Å². The zero-order chi connectivity index (χ0) is 24.5. The molecular formula is C24H32N4O3S3. The lowest BCUT2D eigenvalue weighted by Crippen LogP contribution is -2.53. The summed E-state index contributed by atoms with van der Waals surface area (Å²) < 4.78 is 29.5. The number of aryl methyl sites for hydroxylation is 2. The van der Waals surface area contributed by atoms with Crippen molar-refractivity contribution >= 4 is 54.0 Å². The lowest BCUT2D eigenvalue weighted by atomic mass is 10.0. The zero-order valence-electron chi connectivity index (χ0n) is 20.2. The van der Waals surface area contributed by atoms with Crippen molar-refractivity contribution < 1.29 is 13.2 Å². The number of anilines is 1. The summed E-state index contributed by atoms with van der Waals surface area (Å²) in [6.07, 6.45) is 2.89. The van der Waals surface area contributed by atoms with E-state index in [4.69, 9.17) is 4.98 Å². The number of nitrogens with zero attached hydrogens (tertiary/aromatic N) is 4. The second-order valence-corrected chi connectivity index (χ2v) is 13.2. The molecule has 1 aromatic carbocycles. The number of fused-ring (bicyclic) bond motifs is 1. The van der Waals surface area contributed by atoms with Gasteiger partial charge in [0.15, 0.2) is 5.13 Å². The Hall–Kier alpha value is -1.85. The molecule has 3 heterocycles. The third-order valence-corrected chi connectivity index (χ3v) is 10.4. The van der Waals surface area contributed by atoms with Gasteiger partial charge in [-0.1, -0.05) is 29.9 Å². The molecule has 0 spiro atoms. The highest BCUT2D eigenvalue weighted by Gasteiger charge is 2.40. The predicted molar refractivity (Wildman–Crippen MR) is 140 cm³/mol. The third kappa shape index (κ3) is 5.21. The number of carbonyl (C=O) groups excluding carboxylic acids is 1. The monoisotopic (exact) mass is 520 g/mol. The van der Waals surface area contributed by atoms with E-state index < -0.39 is 16.1 Å². The average Bonchev–Trinajstić information content (AvgIpc) is 3.47. The fourth-order valence-electron chi connectivity index (χ4n) is 4.46. The van der Waals surface area contributed by atoms with Gasteiger partial charge in [-0.3, -0.25) is 9.69 Å². The van der Waals surface area contributed by atoms with Gasteiger partial charge in [-0.05, 0) is 82.4 Å². The summed E-state index contributed by atoms with van der Waals surface area (Å²) in [6.45, 7) is 5.78. The van der Waals surface area contributed by atoms with Gasteiger partial charge >= 0.3 is 0 Å². The maximum Gasteiger partial charge on any atom is 0.253 e. The van der Waals surface area contributed by atoms with E-state index in [9.17, 15) is 13.2 Å². The van der Waals surface area contributed by atoms with E-state index in [-0.39, 0.29) is 10.1 Å². The normalized spacial score (nSPS) is 17.5. The van der Waals surface area contributed by atoms with Crippen LogP contribution in [0, 0.1) is 13.8 Å². The summed E-state index contributed by atoms with van der Waals surface area (Å²) in [6, 6.07) is 6.83. The summed E-state index contributed by atoms with van der Waals surface area (Å²) in [4.78, 5) is 22.7. The summed E-state index contributed by atoms with van der Waals surface area (Å²) in [5.74, 6) is -0.174. The molecule has 0 radical (unpaired) electrons. The molecule has 0 aliphatic carbocycles. The second kappa shape index (κ2) is 10.4. The molecule has 1 amide bonds. The van der Waals surface area contributed by atoms with Gasteiger partial charge in [-0.2, -0.15) is 4.31 Å². The van der Waals surface area contributed by atoms with Crippen LogP contribution in [0.4, 0.5) is 5.13 Å². The van der Waals surface area contributed by atoms with Crippen LogP contribution in [0.2, 0.25) is 0 Å². The van der Waals surface area contributed by atoms with Gasteiger partial charge in [0.05, 0.1) is 10.2 Å². The molecule has 1 aliphatic heterocycles. The Kier molecular flexibility index (Phi) is 7.73. The van der Waals surface area contributed by atoms with Crippen molar-refractivity contribution in [2.45, 2.75) is 49.8 Å². The summed E-state index contributed by atoms with van der Waals surface area (Å²) in [5.41, 5.74) is 3.15. The van der Waals surface area contributed by atoms with Crippen molar-refractivity contribution in [3.05, 3.63) is 40.8 Å². The van der Waals surface area contributed by atoms with Crippen LogP contribution in [-0.4, -0.2) is 68.3 Å². The van der Waals surface area contributed by atoms with Crippen LogP contribution in [0.3, 0.4) is 0 Å². The van der Waals surface area contributed by atoms with Crippen LogP contribution in [0.15, 0.2) is 33.9 Å². The van der Waals surface area contributed by atoms with Gasteiger partial charge in [-0.15, -0.1) is 11.3 Å². The van der Waals surface area contributed by atoms with Crippen LogP contribution in [0.1, 0.15) is 36.8 Å². The predicted octanol–water partition coefficient (Wildman–Crippen LogP) is 4.50. The fraction of sp³-hybridized carbons (Fsp3) is 0.500. The molecular weight excluding hydrogens is 488 g/mol. The summed E-state index contributed by atoms with van der Waals surface area (Å²) in [7, 11) is 0.292. The standard InChI is InChI=1S/C24H32N4O3S3/c1-17-15-18(2)22-20(16-17)33-24(25-22)27(12-8-11-26(3)4)23(29)19-9-5-6-13-28(19)34(30,31)21-10-7-14-32-21/h7,10,14-16,19H,5-6,8-9,11-13H2,1-4H3. The Morgan fingerprint density at radius 1 is 1.21 bits per heavy atom. The molecule has 10 heteroatoms. The first-order valence-corrected chi connectivity index (χ1v) is 14.7. The van der Waals surface area contributed by atoms with Crippen LogP contribution in [0.5, 0.6) is 0 Å². The highest BCUT2D eigenvalue weighted by atomic mass is 32.2.